The number of rotatable bonds is 4. The number of carbonyl (C=O) groups is 1. The summed E-state index contributed by atoms with van der Waals surface area (Å²) in [6.07, 6.45) is 3.17. The Morgan fingerprint density at radius 3 is 2.81 bits per heavy atom. The van der Waals surface area contributed by atoms with E-state index in [1.165, 1.54) is 10.9 Å². The van der Waals surface area contributed by atoms with Crippen molar-refractivity contribution >= 4 is 11.7 Å². The number of nitrogens with one attached hydrogen (secondary N) is 1. The molecule has 2 aromatic heterocycles. The predicted octanol–water partition coefficient (Wildman–Crippen LogP) is 1.32. The van der Waals surface area contributed by atoms with Gasteiger partial charge in [-0.2, -0.15) is 5.10 Å². The maximum Gasteiger partial charge on any atom is 0.247 e. The van der Waals surface area contributed by atoms with E-state index in [1.807, 2.05) is 36.4 Å². The van der Waals surface area contributed by atoms with Gasteiger partial charge in [0.05, 0.1) is 11.9 Å². The van der Waals surface area contributed by atoms with E-state index < -0.39 is 0 Å². The fraction of sp³-hybridized carbons (Fsp3) is 0.143. The molecule has 2 heterocycles. The molecule has 1 amide bonds. The Bertz CT molecular complexity index is 732. The summed E-state index contributed by atoms with van der Waals surface area (Å²) in [5, 5.41) is 14.6. The van der Waals surface area contributed by atoms with Crippen LogP contribution in [0.4, 0.5) is 5.82 Å². The summed E-state index contributed by atoms with van der Waals surface area (Å²) in [5.41, 5.74) is 1.82. The van der Waals surface area contributed by atoms with Crippen LogP contribution >= 0.6 is 0 Å². The minimum Gasteiger partial charge on any atom is -0.309 e. The number of benzene rings is 1. The van der Waals surface area contributed by atoms with Crippen LogP contribution in [0, 0.1) is 0 Å². The molecule has 0 fully saturated rings. The Kier molecular flexibility index (Phi) is 3.46. The molecule has 7 heteroatoms. The fourth-order valence-corrected chi connectivity index (χ4v) is 1.98. The number of carbonyl (C=O) groups excluding carboxylic acids is 1. The van der Waals surface area contributed by atoms with Crippen LogP contribution in [0.1, 0.15) is 0 Å². The van der Waals surface area contributed by atoms with Gasteiger partial charge in [0.25, 0.3) is 0 Å². The van der Waals surface area contributed by atoms with Gasteiger partial charge in [0.15, 0.2) is 0 Å². The molecule has 0 aliphatic carbocycles. The van der Waals surface area contributed by atoms with Crippen LogP contribution in [0.2, 0.25) is 0 Å². The van der Waals surface area contributed by atoms with Gasteiger partial charge in [0, 0.05) is 24.9 Å². The Morgan fingerprint density at radius 1 is 1.29 bits per heavy atom. The molecule has 3 aromatic rings. The lowest BCUT2D eigenvalue weighted by Gasteiger charge is -2.04. The molecular formula is C14H14N6O. The monoisotopic (exact) mass is 282 g/mol. The normalized spacial score (nSPS) is 10.5. The average molecular weight is 282 g/mol. The first-order valence-electron chi connectivity index (χ1n) is 6.46. The van der Waals surface area contributed by atoms with Gasteiger partial charge in [-0.25, -0.2) is 4.68 Å². The van der Waals surface area contributed by atoms with E-state index in [-0.39, 0.29) is 12.5 Å². The highest BCUT2D eigenvalue weighted by molar-refractivity contribution is 5.90. The van der Waals surface area contributed by atoms with Crippen LogP contribution in [-0.2, 0) is 18.4 Å². The van der Waals surface area contributed by atoms with Crippen LogP contribution in [0.5, 0.6) is 0 Å². The lowest BCUT2D eigenvalue weighted by Crippen LogP contribution is -2.20. The van der Waals surface area contributed by atoms with Crippen molar-refractivity contribution in [1.29, 1.82) is 0 Å². The molecule has 106 valence electrons. The Morgan fingerprint density at radius 2 is 2.10 bits per heavy atom. The lowest BCUT2D eigenvalue weighted by atomic mass is 10.2. The summed E-state index contributed by atoms with van der Waals surface area (Å²) in [5.74, 6) is 0.460. The number of anilines is 1. The van der Waals surface area contributed by atoms with Gasteiger partial charge < -0.3 is 5.32 Å². The number of aromatic nitrogens is 5. The van der Waals surface area contributed by atoms with Crippen LogP contribution < -0.4 is 5.32 Å². The lowest BCUT2D eigenvalue weighted by molar-refractivity contribution is -0.117. The van der Waals surface area contributed by atoms with Crippen molar-refractivity contribution in [1.82, 2.24) is 24.8 Å². The smallest absolute Gasteiger partial charge is 0.247 e. The molecule has 0 bridgehead atoms. The first-order chi connectivity index (χ1) is 10.2. The van der Waals surface area contributed by atoms with Crippen LogP contribution in [0.15, 0.2) is 48.8 Å². The molecule has 0 saturated heterocycles. The van der Waals surface area contributed by atoms with Gasteiger partial charge in [-0.1, -0.05) is 35.5 Å². The minimum atomic E-state index is -0.178. The molecule has 7 nitrogen and oxygen atoms in total. The van der Waals surface area contributed by atoms with Gasteiger partial charge in [-0.15, -0.1) is 5.10 Å². The Balaban J connectivity index is 1.74. The summed E-state index contributed by atoms with van der Waals surface area (Å²) < 4.78 is 3.10. The number of hydrogen-bond donors (Lipinski definition) is 1. The third-order valence-corrected chi connectivity index (χ3v) is 2.99. The summed E-state index contributed by atoms with van der Waals surface area (Å²) in [6.45, 7) is 0.117. The molecule has 0 atom stereocenters. The Hall–Kier alpha value is -2.96. The zero-order valence-corrected chi connectivity index (χ0v) is 11.5. The second-order valence-corrected chi connectivity index (χ2v) is 4.55. The van der Waals surface area contributed by atoms with Crippen molar-refractivity contribution in [2.75, 3.05) is 5.32 Å². The van der Waals surface area contributed by atoms with E-state index >= 15 is 0 Å². The third-order valence-electron chi connectivity index (χ3n) is 2.99. The van der Waals surface area contributed by atoms with Crippen molar-refractivity contribution in [3.8, 4) is 11.3 Å². The summed E-state index contributed by atoms with van der Waals surface area (Å²) >= 11 is 0. The van der Waals surface area contributed by atoms with Crippen LogP contribution in [0.3, 0.4) is 0 Å². The van der Waals surface area contributed by atoms with Crippen molar-refractivity contribution in [3.63, 3.8) is 0 Å². The SMILES string of the molecule is Cn1nc(-c2ccccc2)cc1NC(=O)Cn1ccnn1. The van der Waals surface area contributed by atoms with E-state index in [9.17, 15) is 4.79 Å². The van der Waals surface area contributed by atoms with Crippen LogP contribution in [0.25, 0.3) is 11.3 Å². The molecule has 21 heavy (non-hydrogen) atoms. The molecule has 1 N–H and O–H groups in total. The highest BCUT2D eigenvalue weighted by Crippen LogP contribution is 2.20. The molecule has 0 unspecified atom stereocenters. The van der Waals surface area contributed by atoms with Gasteiger partial charge in [-0.3, -0.25) is 9.48 Å². The van der Waals surface area contributed by atoms with Crippen molar-refractivity contribution in [3.05, 3.63) is 48.8 Å². The fourth-order valence-electron chi connectivity index (χ4n) is 1.98. The molecular weight excluding hydrogens is 268 g/mol. The average Bonchev–Trinajstić information content (AvgIpc) is 3.11. The van der Waals surface area contributed by atoms with Crippen molar-refractivity contribution in [2.24, 2.45) is 7.05 Å². The van der Waals surface area contributed by atoms with E-state index in [0.717, 1.165) is 11.3 Å². The third kappa shape index (κ3) is 2.97. The number of hydrogen-bond acceptors (Lipinski definition) is 4. The zero-order chi connectivity index (χ0) is 14.7. The molecule has 0 saturated carbocycles. The largest absolute Gasteiger partial charge is 0.309 e. The first-order valence-corrected chi connectivity index (χ1v) is 6.46. The maximum atomic E-state index is 11.9. The molecule has 0 spiro atoms. The predicted molar refractivity (Wildman–Crippen MR) is 77.3 cm³/mol. The van der Waals surface area contributed by atoms with E-state index in [2.05, 4.69) is 20.7 Å². The van der Waals surface area contributed by atoms with Crippen molar-refractivity contribution < 1.29 is 4.79 Å². The standard InChI is InChI=1S/C14H14N6O/c1-19-13(16-14(21)10-20-8-7-15-18-20)9-12(17-19)11-5-3-2-4-6-11/h2-9H,10H2,1H3,(H,16,21). The first kappa shape index (κ1) is 13.0. The van der Waals surface area contributed by atoms with E-state index in [4.69, 9.17) is 0 Å². The Labute approximate surface area is 121 Å². The van der Waals surface area contributed by atoms with Gasteiger partial charge in [0.1, 0.15) is 12.4 Å². The second kappa shape index (κ2) is 5.58. The molecule has 0 aliphatic rings. The number of amides is 1. The summed E-state index contributed by atoms with van der Waals surface area (Å²) in [7, 11) is 1.79. The van der Waals surface area contributed by atoms with Crippen LogP contribution in [-0.4, -0.2) is 30.7 Å². The highest BCUT2D eigenvalue weighted by Gasteiger charge is 2.10. The molecule has 0 aliphatic heterocycles. The van der Waals surface area contributed by atoms with Gasteiger partial charge >= 0.3 is 0 Å². The number of aryl methyl sites for hydroxylation is 1. The zero-order valence-electron chi connectivity index (χ0n) is 11.5. The molecule has 3 rings (SSSR count). The van der Waals surface area contributed by atoms with Gasteiger partial charge in [0.2, 0.25) is 5.91 Å². The minimum absolute atomic E-state index is 0.117. The second-order valence-electron chi connectivity index (χ2n) is 4.55. The molecule has 1 aromatic carbocycles. The van der Waals surface area contributed by atoms with E-state index in [0.29, 0.717) is 5.82 Å². The summed E-state index contributed by atoms with van der Waals surface area (Å²) in [4.78, 5) is 11.9. The maximum absolute atomic E-state index is 11.9. The quantitative estimate of drug-likeness (QED) is 0.782. The number of nitrogens with zero attached hydrogens (tertiary/aromatic N) is 5. The molecule has 0 radical (unpaired) electrons. The highest BCUT2D eigenvalue weighted by atomic mass is 16.2. The summed E-state index contributed by atoms with van der Waals surface area (Å²) in [6, 6.07) is 11.6. The topological polar surface area (TPSA) is 77.6 Å². The van der Waals surface area contributed by atoms with Gasteiger partial charge in [-0.05, 0) is 0 Å². The van der Waals surface area contributed by atoms with E-state index in [1.54, 1.807) is 17.9 Å². The van der Waals surface area contributed by atoms with Crippen molar-refractivity contribution in [2.45, 2.75) is 6.54 Å².